The first kappa shape index (κ1) is 17.0. The first-order valence-corrected chi connectivity index (χ1v) is 8.42. The van der Waals surface area contributed by atoms with Gasteiger partial charge in [-0.25, -0.2) is 4.79 Å². The third-order valence-corrected chi connectivity index (χ3v) is 4.18. The highest BCUT2D eigenvalue weighted by molar-refractivity contribution is 5.94. The molecule has 4 N–H and O–H groups in total. The number of methoxy groups -OCH3 is 1. The van der Waals surface area contributed by atoms with Crippen LogP contribution in [0.3, 0.4) is 0 Å². The summed E-state index contributed by atoms with van der Waals surface area (Å²) in [4.78, 5) is 12.2. The Morgan fingerprint density at radius 3 is 2.64 bits per heavy atom. The summed E-state index contributed by atoms with van der Waals surface area (Å²) < 4.78 is 10.7. The Balaban J connectivity index is 1.87. The van der Waals surface area contributed by atoms with E-state index in [9.17, 15) is 4.79 Å². The molecule has 3 rings (SSSR count). The molecule has 0 amide bonds. The number of carbonyl (C=O) groups is 1. The van der Waals surface area contributed by atoms with E-state index in [1.165, 1.54) is 31.7 Å². The van der Waals surface area contributed by atoms with E-state index >= 15 is 0 Å². The lowest BCUT2D eigenvalue weighted by molar-refractivity contribution is -0.136. The Hall–Kier alpha value is -2.87. The molecular formula is C20H22N2O3. The zero-order valence-corrected chi connectivity index (χ0v) is 14.2. The molecule has 5 heteroatoms. The van der Waals surface area contributed by atoms with Crippen molar-refractivity contribution < 1.29 is 14.3 Å². The molecule has 2 aliphatic carbocycles. The van der Waals surface area contributed by atoms with E-state index in [0.29, 0.717) is 17.6 Å². The van der Waals surface area contributed by atoms with Crippen molar-refractivity contribution in [2.75, 3.05) is 7.11 Å². The van der Waals surface area contributed by atoms with E-state index in [4.69, 9.17) is 20.9 Å². The number of rotatable bonds is 5. The lowest BCUT2D eigenvalue weighted by Crippen LogP contribution is -2.18. The number of esters is 1. The molecule has 0 aliphatic heterocycles. The molecule has 1 aromatic rings. The number of hydrogen-bond acceptors (Lipinski definition) is 5. The van der Waals surface area contributed by atoms with Gasteiger partial charge in [-0.05, 0) is 55.2 Å². The van der Waals surface area contributed by atoms with Gasteiger partial charge in [0.25, 0.3) is 0 Å². The van der Waals surface area contributed by atoms with Crippen LogP contribution in [0.1, 0.15) is 37.2 Å². The zero-order chi connectivity index (χ0) is 17.8. The van der Waals surface area contributed by atoms with Gasteiger partial charge in [0.15, 0.2) is 5.76 Å². The molecule has 2 aliphatic rings. The van der Waals surface area contributed by atoms with E-state index in [-0.39, 0.29) is 17.0 Å². The molecular weight excluding hydrogens is 316 g/mol. The lowest BCUT2D eigenvalue weighted by atomic mass is 10.1. The SMILES string of the molecule is COC(=O)C(/C(=C\N)Oc1cccc(C2CC2)c1)=C(/N)C#CC1CC1. The third kappa shape index (κ3) is 4.36. The fourth-order valence-electron chi connectivity index (χ4n) is 2.46. The summed E-state index contributed by atoms with van der Waals surface area (Å²) in [6.07, 6.45) is 5.73. The van der Waals surface area contributed by atoms with Crippen LogP contribution >= 0.6 is 0 Å². The van der Waals surface area contributed by atoms with Crippen LogP contribution in [0.4, 0.5) is 0 Å². The Morgan fingerprint density at radius 2 is 2.04 bits per heavy atom. The highest BCUT2D eigenvalue weighted by atomic mass is 16.5. The fraction of sp³-hybridized carbons (Fsp3) is 0.350. The van der Waals surface area contributed by atoms with Crippen molar-refractivity contribution >= 4 is 5.97 Å². The second-order valence-electron chi connectivity index (χ2n) is 6.30. The Morgan fingerprint density at radius 1 is 1.28 bits per heavy atom. The van der Waals surface area contributed by atoms with Crippen molar-refractivity contribution in [2.24, 2.45) is 17.4 Å². The molecule has 0 radical (unpaired) electrons. The third-order valence-electron chi connectivity index (χ3n) is 4.18. The van der Waals surface area contributed by atoms with E-state index in [0.717, 1.165) is 12.8 Å². The quantitative estimate of drug-likeness (QED) is 0.283. The van der Waals surface area contributed by atoms with E-state index in [2.05, 4.69) is 17.9 Å². The number of hydrogen-bond donors (Lipinski definition) is 2. The van der Waals surface area contributed by atoms with Crippen LogP contribution in [-0.2, 0) is 9.53 Å². The molecule has 130 valence electrons. The Kier molecular flexibility index (Phi) is 4.99. The number of carbonyl (C=O) groups excluding carboxylic acids is 1. The van der Waals surface area contributed by atoms with Crippen LogP contribution in [0, 0.1) is 17.8 Å². The first-order valence-electron chi connectivity index (χ1n) is 8.42. The minimum absolute atomic E-state index is 0.0509. The molecule has 25 heavy (non-hydrogen) atoms. The summed E-state index contributed by atoms with van der Waals surface area (Å²) in [6.45, 7) is 0. The molecule has 0 unspecified atom stereocenters. The molecule has 0 spiro atoms. The fourth-order valence-corrected chi connectivity index (χ4v) is 2.46. The second-order valence-corrected chi connectivity index (χ2v) is 6.30. The topological polar surface area (TPSA) is 87.6 Å². The summed E-state index contributed by atoms with van der Waals surface area (Å²) in [5.41, 5.74) is 13.1. The summed E-state index contributed by atoms with van der Waals surface area (Å²) in [7, 11) is 1.28. The van der Waals surface area contributed by atoms with Crippen LogP contribution in [-0.4, -0.2) is 13.1 Å². The van der Waals surface area contributed by atoms with Crippen LogP contribution in [0.15, 0.2) is 47.5 Å². The van der Waals surface area contributed by atoms with Crippen molar-refractivity contribution in [3.8, 4) is 17.6 Å². The maximum atomic E-state index is 12.2. The summed E-state index contributed by atoms with van der Waals surface area (Å²) in [6, 6.07) is 7.77. The van der Waals surface area contributed by atoms with Gasteiger partial charge in [0.2, 0.25) is 0 Å². The molecule has 1 aromatic carbocycles. The zero-order valence-electron chi connectivity index (χ0n) is 14.2. The molecule has 0 atom stereocenters. The summed E-state index contributed by atoms with van der Waals surface area (Å²) >= 11 is 0. The molecule has 0 bridgehead atoms. The van der Waals surface area contributed by atoms with Gasteiger partial charge in [0.05, 0.1) is 7.11 Å². The highest BCUT2D eigenvalue weighted by Gasteiger charge is 2.25. The number of allylic oxidation sites excluding steroid dienone is 1. The van der Waals surface area contributed by atoms with E-state index in [1.807, 2.05) is 18.2 Å². The van der Waals surface area contributed by atoms with Crippen LogP contribution in [0.5, 0.6) is 5.75 Å². The maximum absolute atomic E-state index is 12.2. The summed E-state index contributed by atoms with van der Waals surface area (Å²) in [5.74, 6) is 6.93. The van der Waals surface area contributed by atoms with Gasteiger partial charge >= 0.3 is 5.97 Å². The predicted molar refractivity (Wildman–Crippen MR) is 95.0 cm³/mol. The van der Waals surface area contributed by atoms with Gasteiger partial charge in [-0.15, -0.1) is 0 Å². The van der Waals surface area contributed by atoms with Gasteiger partial charge in [0, 0.05) is 12.1 Å². The monoisotopic (exact) mass is 338 g/mol. The Labute approximate surface area is 147 Å². The molecule has 0 heterocycles. The van der Waals surface area contributed by atoms with Crippen LogP contribution in [0.2, 0.25) is 0 Å². The van der Waals surface area contributed by atoms with Gasteiger partial charge in [-0.3, -0.25) is 0 Å². The number of nitrogens with two attached hydrogens (primary N) is 2. The maximum Gasteiger partial charge on any atom is 0.344 e. The van der Waals surface area contributed by atoms with Crippen molar-refractivity contribution in [3.05, 3.63) is 53.1 Å². The van der Waals surface area contributed by atoms with Gasteiger partial charge in [0.1, 0.15) is 17.0 Å². The lowest BCUT2D eigenvalue weighted by Gasteiger charge is -2.13. The standard InChI is InChI=1S/C20H22N2O3/c1-24-20(23)19(17(22)10-7-13-5-6-13)18(12-21)25-16-4-2-3-15(11-16)14-8-9-14/h2-4,11-14H,5-6,8-9,21-22H2,1H3/b18-12+,19-17+. The van der Waals surface area contributed by atoms with Gasteiger partial charge < -0.3 is 20.9 Å². The number of ether oxygens (including phenoxy) is 2. The Bertz CT molecular complexity index is 791. The molecule has 2 saturated carbocycles. The minimum atomic E-state index is -0.627. The van der Waals surface area contributed by atoms with Crippen LogP contribution < -0.4 is 16.2 Å². The first-order chi connectivity index (χ1) is 12.1. The number of benzene rings is 1. The van der Waals surface area contributed by atoms with Crippen molar-refractivity contribution in [1.82, 2.24) is 0 Å². The van der Waals surface area contributed by atoms with Crippen molar-refractivity contribution in [1.29, 1.82) is 0 Å². The van der Waals surface area contributed by atoms with Gasteiger partial charge in [-0.2, -0.15) is 0 Å². The normalized spacial score (nSPS) is 17.9. The largest absolute Gasteiger partial charge is 0.465 e. The predicted octanol–water partition coefficient (Wildman–Crippen LogP) is 2.54. The van der Waals surface area contributed by atoms with Gasteiger partial charge in [-0.1, -0.05) is 18.1 Å². The molecule has 0 saturated heterocycles. The second kappa shape index (κ2) is 7.35. The smallest absolute Gasteiger partial charge is 0.344 e. The van der Waals surface area contributed by atoms with E-state index < -0.39 is 5.97 Å². The summed E-state index contributed by atoms with van der Waals surface area (Å²) in [5, 5.41) is 0. The molecule has 2 fully saturated rings. The highest BCUT2D eigenvalue weighted by Crippen LogP contribution is 2.41. The van der Waals surface area contributed by atoms with Crippen molar-refractivity contribution in [2.45, 2.75) is 31.6 Å². The average molecular weight is 338 g/mol. The minimum Gasteiger partial charge on any atom is -0.465 e. The van der Waals surface area contributed by atoms with Crippen LogP contribution in [0.25, 0.3) is 0 Å². The molecule has 5 nitrogen and oxygen atoms in total. The average Bonchev–Trinajstić information content (AvgIpc) is 3.51. The molecule has 0 aromatic heterocycles. The van der Waals surface area contributed by atoms with E-state index in [1.54, 1.807) is 0 Å². The van der Waals surface area contributed by atoms with Crippen molar-refractivity contribution in [3.63, 3.8) is 0 Å².